The second-order valence-electron chi connectivity index (χ2n) is 6.30. The van der Waals surface area contributed by atoms with Gasteiger partial charge in [0.2, 0.25) is 17.6 Å². The molecule has 148 valence electrons. The minimum atomic E-state index is -0.996. The summed E-state index contributed by atoms with van der Waals surface area (Å²) >= 11 is 0. The Morgan fingerprint density at radius 1 is 1.22 bits per heavy atom. The molecule has 2 rings (SSSR count). The number of aliphatic carboxylic acids is 1. The predicted molar refractivity (Wildman–Crippen MR) is 96.4 cm³/mol. The molecule has 2 unspecified atom stereocenters. The molecule has 1 saturated heterocycles. The van der Waals surface area contributed by atoms with Crippen molar-refractivity contribution in [2.45, 2.75) is 25.8 Å². The van der Waals surface area contributed by atoms with Crippen LogP contribution in [0.1, 0.15) is 19.8 Å². The summed E-state index contributed by atoms with van der Waals surface area (Å²) in [5, 5.41) is 11.4. The number of nitrogens with one attached hydrogen (secondary N) is 1. The quantitative estimate of drug-likeness (QED) is 0.693. The SMILES string of the molecule is COc1cc(N2CC(C(=O)NC(C)CC(=O)O)CC2=O)cc(OC)c1OC. The number of carboxylic acids is 1. The predicted octanol–water partition coefficient (Wildman–Crippen LogP) is 1.04. The number of hydrogen-bond donors (Lipinski definition) is 2. The van der Waals surface area contributed by atoms with Gasteiger partial charge in [-0.15, -0.1) is 0 Å². The number of rotatable bonds is 8. The second kappa shape index (κ2) is 8.61. The van der Waals surface area contributed by atoms with Gasteiger partial charge in [0.05, 0.1) is 39.4 Å². The molecular weight excluding hydrogens is 356 g/mol. The average Bonchev–Trinajstić information content (AvgIpc) is 3.01. The lowest BCUT2D eigenvalue weighted by molar-refractivity contribution is -0.137. The summed E-state index contributed by atoms with van der Waals surface area (Å²) in [7, 11) is 4.44. The number of ether oxygens (including phenoxy) is 3. The van der Waals surface area contributed by atoms with Crippen molar-refractivity contribution in [2.75, 3.05) is 32.8 Å². The zero-order valence-electron chi connectivity index (χ0n) is 15.8. The molecule has 0 saturated carbocycles. The first-order chi connectivity index (χ1) is 12.8. The number of hydrogen-bond acceptors (Lipinski definition) is 6. The van der Waals surface area contributed by atoms with Gasteiger partial charge in [0, 0.05) is 31.1 Å². The summed E-state index contributed by atoms with van der Waals surface area (Å²) in [5.41, 5.74) is 0.531. The van der Waals surface area contributed by atoms with E-state index in [4.69, 9.17) is 19.3 Å². The van der Waals surface area contributed by atoms with Crippen LogP contribution in [0.2, 0.25) is 0 Å². The molecule has 9 heteroatoms. The van der Waals surface area contributed by atoms with Crippen molar-refractivity contribution in [1.29, 1.82) is 0 Å². The lowest BCUT2D eigenvalue weighted by Gasteiger charge is -2.21. The molecule has 9 nitrogen and oxygen atoms in total. The van der Waals surface area contributed by atoms with Crippen molar-refractivity contribution < 1.29 is 33.7 Å². The zero-order valence-corrected chi connectivity index (χ0v) is 15.8. The van der Waals surface area contributed by atoms with E-state index in [2.05, 4.69) is 5.32 Å². The Labute approximate surface area is 157 Å². The summed E-state index contributed by atoms with van der Waals surface area (Å²) in [6, 6.07) is 2.78. The van der Waals surface area contributed by atoms with E-state index in [-0.39, 0.29) is 31.2 Å². The van der Waals surface area contributed by atoms with Crippen LogP contribution in [-0.4, -0.2) is 56.8 Å². The van der Waals surface area contributed by atoms with Gasteiger partial charge in [0.25, 0.3) is 0 Å². The number of benzene rings is 1. The smallest absolute Gasteiger partial charge is 0.305 e. The van der Waals surface area contributed by atoms with Crippen molar-refractivity contribution in [3.05, 3.63) is 12.1 Å². The summed E-state index contributed by atoms with van der Waals surface area (Å²) < 4.78 is 15.9. The van der Waals surface area contributed by atoms with E-state index in [0.29, 0.717) is 22.9 Å². The highest BCUT2D eigenvalue weighted by Gasteiger charge is 2.36. The van der Waals surface area contributed by atoms with Crippen molar-refractivity contribution >= 4 is 23.5 Å². The number of nitrogens with zero attached hydrogens (tertiary/aromatic N) is 1. The third kappa shape index (κ3) is 4.60. The fourth-order valence-corrected chi connectivity index (χ4v) is 3.03. The molecule has 1 aromatic carbocycles. The van der Waals surface area contributed by atoms with E-state index in [1.54, 1.807) is 19.1 Å². The molecular formula is C18H24N2O7. The molecule has 2 amide bonds. The molecule has 27 heavy (non-hydrogen) atoms. The van der Waals surface area contributed by atoms with Crippen molar-refractivity contribution in [1.82, 2.24) is 5.32 Å². The van der Waals surface area contributed by atoms with Crippen molar-refractivity contribution in [2.24, 2.45) is 5.92 Å². The fraction of sp³-hybridized carbons (Fsp3) is 0.500. The number of carboxylic acid groups (broad SMARTS) is 1. The van der Waals surface area contributed by atoms with Crippen LogP contribution in [0.4, 0.5) is 5.69 Å². The van der Waals surface area contributed by atoms with Crippen LogP contribution in [-0.2, 0) is 14.4 Å². The minimum Gasteiger partial charge on any atom is -0.493 e. The van der Waals surface area contributed by atoms with Gasteiger partial charge in [-0.05, 0) is 6.92 Å². The van der Waals surface area contributed by atoms with Gasteiger partial charge in [0.15, 0.2) is 11.5 Å². The van der Waals surface area contributed by atoms with Crippen molar-refractivity contribution in [3.8, 4) is 17.2 Å². The summed E-state index contributed by atoms with van der Waals surface area (Å²) in [5.74, 6) is -0.892. The maximum Gasteiger partial charge on any atom is 0.305 e. The Morgan fingerprint density at radius 2 is 1.81 bits per heavy atom. The Bertz CT molecular complexity index is 709. The normalized spacial score (nSPS) is 17.4. The first-order valence-electron chi connectivity index (χ1n) is 8.43. The average molecular weight is 380 g/mol. The number of amides is 2. The summed E-state index contributed by atoms with van der Waals surface area (Å²) in [6.45, 7) is 1.79. The van der Waals surface area contributed by atoms with E-state index in [9.17, 15) is 14.4 Å². The van der Waals surface area contributed by atoms with Gasteiger partial charge < -0.3 is 29.5 Å². The van der Waals surface area contributed by atoms with Crippen LogP contribution >= 0.6 is 0 Å². The molecule has 1 aromatic rings. The fourth-order valence-electron chi connectivity index (χ4n) is 3.03. The largest absolute Gasteiger partial charge is 0.493 e. The van der Waals surface area contributed by atoms with Gasteiger partial charge in [-0.3, -0.25) is 14.4 Å². The van der Waals surface area contributed by atoms with Crippen LogP contribution in [0.25, 0.3) is 0 Å². The lowest BCUT2D eigenvalue weighted by atomic mass is 10.1. The van der Waals surface area contributed by atoms with E-state index in [1.807, 2.05) is 0 Å². The van der Waals surface area contributed by atoms with E-state index >= 15 is 0 Å². The molecule has 0 spiro atoms. The third-order valence-electron chi connectivity index (χ3n) is 4.33. The van der Waals surface area contributed by atoms with Crippen LogP contribution in [0, 0.1) is 5.92 Å². The van der Waals surface area contributed by atoms with Crippen LogP contribution < -0.4 is 24.4 Å². The third-order valence-corrected chi connectivity index (χ3v) is 4.33. The first-order valence-corrected chi connectivity index (χ1v) is 8.43. The van der Waals surface area contributed by atoms with Gasteiger partial charge in [-0.1, -0.05) is 0 Å². The van der Waals surface area contributed by atoms with Crippen molar-refractivity contribution in [3.63, 3.8) is 0 Å². The second-order valence-corrected chi connectivity index (χ2v) is 6.30. The lowest BCUT2D eigenvalue weighted by Crippen LogP contribution is -2.39. The number of carbonyl (C=O) groups excluding carboxylic acids is 2. The molecule has 2 atom stereocenters. The molecule has 2 N–H and O–H groups in total. The Morgan fingerprint density at radius 3 is 2.30 bits per heavy atom. The maximum atomic E-state index is 12.4. The van der Waals surface area contributed by atoms with Gasteiger partial charge in [-0.2, -0.15) is 0 Å². The molecule has 0 bridgehead atoms. The molecule has 1 fully saturated rings. The molecule has 0 radical (unpaired) electrons. The highest BCUT2D eigenvalue weighted by Crippen LogP contribution is 2.42. The van der Waals surface area contributed by atoms with Crippen LogP contribution in [0.5, 0.6) is 17.2 Å². The maximum absolute atomic E-state index is 12.4. The Hall–Kier alpha value is -2.97. The minimum absolute atomic E-state index is 0.0439. The zero-order chi connectivity index (χ0) is 20.1. The summed E-state index contributed by atoms with van der Waals surface area (Å²) in [6.07, 6.45) is -0.134. The highest BCUT2D eigenvalue weighted by molar-refractivity contribution is 6.00. The highest BCUT2D eigenvalue weighted by atomic mass is 16.5. The van der Waals surface area contributed by atoms with Gasteiger partial charge in [0.1, 0.15) is 0 Å². The van der Waals surface area contributed by atoms with Crippen LogP contribution in [0.15, 0.2) is 12.1 Å². The van der Waals surface area contributed by atoms with Gasteiger partial charge in [-0.25, -0.2) is 0 Å². The van der Waals surface area contributed by atoms with E-state index < -0.39 is 17.9 Å². The number of methoxy groups -OCH3 is 3. The topological polar surface area (TPSA) is 114 Å². The molecule has 1 aliphatic heterocycles. The first kappa shape index (κ1) is 20.3. The molecule has 0 aromatic heterocycles. The van der Waals surface area contributed by atoms with E-state index in [1.165, 1.54) is 26.2 Å². The molecule has 1 heterocycles. The van der Waals surface area contributed by atoms with Gasteiger partial charge >= 0.3 is 5.97 Å². The Balaban J connectivity index is 2.18. The van der Waals surface area contributed by atoms with Crippen LogP contribution in [0.3, 0.4) is 0 Å². The number of carbonyl (C=O) groups is 3. The summed E-state index contributed by atoms with van der Waals surface area (Å²) in [4.78, 5) is 37.0. The number of anilines is 1. The monoisotopic (exact) mass is 380 g/mol. The van der Waals surface area contributed by atoms with E-state index in [0.717, 1.165) is 0 Å². The Kier molecular flexibility index (Phi) is 6.49. The molecule has 1 aliphatic rings. The standard InChI is InChI=1S/C18H24N2O7/c1-10(5-16(22)23)19-18(24)11-6-15(21)20(9-11)12-7-13(25-2)17(27-4)14(8-12)26-3/h7-8,10-11H,5-6,9H2,1-4H3,(H,19,24)(H,22,23). The molecule has 0 aliphatic carbocycles.